The van der Waals surface area contributed by atoms with Crippen LogP contribution in [0.3, 0.4) is 0 Å². The number of fused-ring (bicyclic) bond motifs is 5. The van der Waals surface area contributed by atoms with Gasteiger partial charge in [0, 0.05) is 28.1 Å². The second-order valence-electron chi connectivity index (χ2n) is 9.50. The highest BCUT2D eigenvalue weighted by Gasteiger charge is 2.47. The maximum atomic E-state index is 14.3. The molecule has 0 saturated heterocycles. The number of hydrogen-bond acceptors (Lipinski definition) is 4. The van der Waals surface area contributed by atoms with Gasteiger partial charge in [0.25, 0.3) is 0 Å². The third-order valence-corrected chi connectivity index (χ3v) is 7.90. The number of carboxylic acid groups (broad SMARTS) is 1. The number of benzene rings is 2. The van der Waals surface area contributed by atoms with E-state index in [-0.39, 0.29) is 17.9 Å². The van der Waals surface area contributed by atoms with Gasteiger partial charge in [0.05, 0.1) is 11.4 Å². The molecule has 174 valence electrons. The van der Waals surface area contributed by atoms with Crippen molar-refractivity contribution in [3.63, 3.8) is 0 Å². The van der Waals surface area contributed by atoms with E-state index in [1.54, 1.807) is 18.2 Å². The number of nitrogens with zero attached hydrogens (tertiary/aromatic N) is 2. The van der Waals surface area contributed by atoms with Gasteiger partial charge in [0.1, 0.15) is 17.5 Å². The molecule has 0 radical (unpaired) electrons. The summed E-state index contributed by atoms with van der Waals surface area (Å²) < 4.78 is 28.4. The van der Waals surface area contributed by atoms with E-state index in [0.717, 1.165) is 37.1 Å². The largest absolute Gasteiger partial charge is 0.481 e. The van der Waals surface area contributed by atoms with E-state index >= 15 is 0 Å². The van der Waals surface area contributed by atoms with Crippen molar-refractivity contribution >= 4 is 39.9 Å². The predicted octanol–water partition coefficient (Wildman–Crippen LogP) is 5.85. The zero-order chi connectivity index (χ0) is 23.6. The molecule has 3 fully saturated rings. The zero-order valence-corrected chi connectivity index (χ0v) is 18.9. The average molecular weight is 482 g/mol. The van der Waals surface area contributed by atoms with Gasteiger partial charge in [-0.3, -0.25) is 4.79 Å². The first-order chi connectivity index (χ1) is 16.4. The Balaban J connectivity index is 1.47. The normalized spacial score (nSPS) is 25.3. The van der Waals surface area contributed by atoms with Crippen LogP contribution in [0.5, 0.6) is 0 Å². The molecule has 4 aliphatic rings. The minimum Gasteiger partial charge on any atom is -0.481 e. The molecule has 2 aromatic carbocycles. The average Bonchev–Trinajstić information content (AvgIpc) is 3.23. The molecule has 0 aliphatic heterocycles. The monoisotopic (exact) mass is 481 g/mol. The van der Waals surface area contributed by atoms with Gasteiger partial charge in [-0.15, -0.1) is 0 Å². The van der Waals surface area contributed by atoms with E-state index < -0.39 is 23.5 Å². The maximum Gasteiger partial charge on any atom is 0.308 e. The van der Waals surface area contributed by atoms with Gasteiger partial charge in [-0.1, -0.05) is 17.7 Å². The number of anilines is 1. The van der Waals surface area contributed by atoms with E-state index in [0.29, 0.717) is 45.3 Å². The number of carbonyl (C=O) groups is 1. The minimum atomic E-state index is -0.785. The topological polar surface area (TPSA) is 75.1 Å². The highest BCUT2D eigenvalue weighted by Crippen LogP contribution is 2.47. The summed E-state index contributed by atoms with van der Waals surface area (Å²) in [4.78, 5) is 21.6. The molecule has 1 aromatic heterocycles. The lowest BCUT2D eigenvalue weighted by Crippen LogP contribution is -2.51. The summed E-state index contributed by atoms with van der Waals surface area (Å²) in [5, 5.41) is 14.7. The van der Waals surface area contributed by atoms with Crippen LogP contribution in [-0.2, 0) is 11.2 Å². The van der Waals surface area contributed by atoms with Crippen LogP contribution in [0.25, 0.3) is 16.5 Å². The third kappa shape index (κ3) is 3.45. The number of nitrogens with one attached hydrogen (secondary N) is 1. The van der Waals surface area contributed by atoms with Gasteiger partial charge in [-0.25, -0.2) is 18.7 Å². The summed E-state index contributed by atoms with van der Waals surface area (Å²) in [6.45, 7) is 0. The highest BCUT2D eigenvalue weighted by atomic mass is 35.5. The molecule has 8 heteroatoms. The summed E-state index contributed by atoms with van der Waals surface area (Å²) in [5.41, 5.74) is 1.98. The molecular formula is C26H22ClF2N3O2. The Morgan fingerprint density at radius 3 is 2.59 bits per heavy atom. The molecule has 2 atom stereocenters. The van der Waals surface area contributed by atoms with Crippen LogP contribution < -0.4 is 5.32 Å². The van der Waals surface area contributed by atoms with Crippen molar-refractivity contribution < 1.29 is 18.7 Å². The molecule has 3 saturated carbocycles. The van der Waals surface area contributed by atoms with Gasteiger partial charge >= 0.3 is 5.97 Å². The molecule has 2 bridgehead atoms. The van der Waals surface area contributed by atoms with Crippen LogP contribution in [0.2, 0.25) is 5.02 Å². The predicted molar refractivity (Wildman–Crippen MR) is 126 cm³/mol. The fourth-order valence-corrected chi connectivity index (χ4v) is 6.25. The second-order valence-corrected chi connectivity index (χ2v) is 9.94. The Kier molecular flexibility index (Phi) is 5.06. The van der Waals surface area contributed by atoms with Crippen molar-refractivity contribution in [2.24, 2.45) is 17.8 Å². The molecule has 34 heavy (non-hydrogen) atoms. The Labute approximate surface area is 199 Å². The number of carboxylic acids is 1. The van der Waals surface area contributed by atoms with Crippen LogP contribution >= 0.6 is 11.6 Å². The van der Waals surface area contributed by atoms with Crippen LogP contribution in [0.4, 0.5) is 14.6 Å². The Bertz CT molecular complexity index is 1370. The summed E-state index contributed by atoms with van der Waals surface area (Å²) in [5.74, 6) is -1.27. The zero-order valence-electron chi connectivity index (χ0n) is 18.2. The number of aliphatic carboxylic acids is 1. The van der Waals surface area contributed by atoms with Crippen LogP contribution in [0, 0.1) is 29.4 Å². The number of rotatable bonds is 4. The smallest absolute Gasteiger partial charge is 0.308 e. The summed E-state index contributed by atoms with van der Waals surface area (Å²) >= 11 is 6.24. The van der Waals surface area contributed by atoms with E-state index in [4.69, 9.17) is 16.6 Å². The molecule has 3 aromatic rings. The SMILES string of the molecule is O=C(O)C1C2CCC(CC2)C1Nc1nc(C2=CCc3c(F)cc(F)cc32)nc2cc(Cl)ccc12. The maximum absolute atomic E-state index is 14.3. The van der Waals surface area contributed by atoms with Crippen molar-refractivity contribution in [3.05, 3.63) is 70.0 Å². The summed E-state index contributed by atoms with van der Waals surface area (Å²) in [7, 11) is 0. The van der Waals surface area contributed by atoms with Crippen LogP contribution in [0.15, 0.2) is 36.4 Å². The number of aromatic nitrogens is 2. The standard InChI is InChI=1S/C26H22ClF2N3O2/c27-14-5-6-18-21(9-14)30-24(17-8-7-16-19(17)10-15(28)11-20(16)29)32-25(18)31-23-13-3-1-12(2-4-13)22(23)26(33)34/h5-6,8-13,22-23H,1-4,7H2,(H,33,34)(H,30,31,32). The van der Waals surface area contributed by atoms with E-state index in [9.17, 15) is 18.7 Å². The van der Waals surface area contributed by atoms with Crippen LogP contribution in [-0.4, -0.2) is 27.1 Å². The lowest BCUT2D eigenvalue weighted by atomic mass is 9.61. The van der Waals surface area contributed by atoms with Gasteiger partial charge in [-0.2, -0.15) is 0 Å². The molecule has 4 aliphatic carbocycles. The van der Waals surface area contributed by atoms with Crippen molar-refractivity contribution in [1.29, 1.82) is 0 Å². The van der Waals surface area contributed by atoms with E-state index in [2.05, 4.69) is 10.3 Å². The Morgan fingerprint density at radius 1 is 1.06 bits per heavy atom. The highest BCUT2D eigenvalue weighted by molar-refractivity contribution is 6.31. The minimum absolute atomic E-state index is 0.150. The number of allylic oxidation sites excluding steroid dienone is 1. The third-order valence-electron chi connectivity index (χ3n) is 7.67. The summed E-state index contributed by atoms with van der Waals surface area (Å²) in [6.07, 6.45) is 5.98. The molecule has 2 unspecified atom stereocenters. The molecule has 5 nitrogen and oxygen atoms in total. The van der Waals surface area contributed by atoms with Gasteiger partial charge < -0.3 is 10.4 Å². The Morgan fingerprint density at radius 2 is 1.82 bits per heavy atom. The Hall–Kier alpha value is -3.06. The molecule has 7 rings (SSSR count). The van der Waals surface area contributed by atoms with Crippen LogP contribution in [0.1, 0.15) is 42.6 Å². The molecule has 1 heterocycles. The first-order valence-corrected chi connectivity index (χ1v) is 11.9. The molecule has 2 N–H and O–H groups in total. The van der Waals surface area contributed by atoms with Crippen molar-refractivity contribution in [3.8, 4) is 0 Å². The quantitative estimate of drug-likeness (QED) is 0.489. The fraction of sp³-hybridized carbons (Fsp3) is 0.346. The van der Waals surface area contributed by atoms with Gasteiger partial charge in [0.2, 0.25) is 0 Å². The number of halogens is 3. The first kappa shape index (κ1) is 21.5. The van der Waals surface area contributed by atoms with E-state index in [1.807, 2.05) is 6.07 Å². The first-order valence-electron chi connectivity index (χ1n) is 11.5. The van der Waals surface area contributed by atoms with E-state index in [1.165, 1.54) is 6.07 Å². The van der Waals surface area contributed by atoms with Gasteiger partial charge in [0.15, 0.2) is 5.82 Å². The molecule has 0 spiro atoms. The molecular weight excluding hydrogens is 460 g/mol. The van der Waals surface area contributed by atoms with Gasteiger partial charge in [-0.05, 0) is 79.3 Å². The van der Waals surface area contributed by atoms with Crippen molar-refractivity contribution in [2.75, 3.05) is 5.32 Å². The number of hydrogen-bond donors (Lipinski definition) is 2. The molecule has 0 amide bonds. The van der Waals surface area contributed by atoms with Crippen molar-refractivity contribution in [1.82, 2.24) is 9.97 Å². The lowest BCUT2D eigenvalue weighted by Gasteiger charge is -2.47. The second kappa shape index (κ2) is 8.01. The fourth-order valence-electron chi connectivity index (χ4n) is 6.08. The van der Waals surface area contributed by atoms with Crippen molar-refractivity contribution in [2.45, 2.75) is 38.1 Å². The lowest BCUT2D eigenvalue weighted by molar-refractivity contribution is -0.148. The summed E-state index contributed by atoms with van der Waals surface area (Å²) in [6, 6.07) is 7.22.